The lowest BCUT2D eigenvalue weighted by molar-refractivity contribution is -0.160. The quantitative estimate of drug-likeness (QED) is 0.525. The summed E-state index contributed by atoms with van der Waals surface area (Å²) in [6.07, 6.45) is 3.50. The van der Waals surface area contributed by atoms with Crippen LogP contribution >= 0.6 is 0 Å². The molecule has 0 aromatic heterocycles. The summed E-state index contributed by atoms with van der Waals surface area (Å²) in [5, 5.41) is 10.2. The Labute approximate surface area is 138 Å². The van der Waals surface area contributed by atoms with Gasteiger partial charge < -0.3 is 14.6 Å². The molecule has 1 aliphatic carbocycles. The minimum atomic E-state index is -1.26. The van der Waals surface area contributed by atoms with E-state index in [2.05, 4.69) is 40.4 Å². The molecule has 0 aromatic rings. The van der Waals surface area contributed by atoms with Gasteiger partial charge in [-0.2, -0.15) is 0 Å². The minimum Gasteiger partial charge on any atom is -0.391 e. The van der Waals surface area contributed by atoms with Crippen molar-refractivity contribution >= 4 is 8.07 Å². The van der Waals surface area contributed by atoms with Crippen LogP contribution in [0.4, 0.5) is 0 Å². The van der Waals surface area contributed by atoms with Crippen molar-refractivity contribution in [1.29, 1.82) is 0 Å². The Bertz CT molecular complexity index is 314. The summed E-state index contributed by atoms with van der Waals surface area (Å²) in [5.74, 6) is 2.05. The maximum atomic E-state index is 10.2. The average Bonchev–Trinajstić information content (AvgIpc) is 2.36. The molecule has 0 radical (unpaired) electrons. The van der Waals surface area contributed by atoms with E-state index in [4.69, 9.17) is 9.47 Å². The Morgan fingerprint density at radius 1 is 1.14 bits per heavy atom. The molecule has 0 heterocycles. The molecule has 0 amide bonds. The van der Waals surface area contributed by atoms with Crippen LogP contribution in [0.3, 0.4) is 0 Å². The van der Waals surface area contributed by atoms with Gasteiger partial charge in [0.2, 0.25) is 0 Å². The summed E-state index contributed by atoms with van der Waals surface area (Å²) in [6.45, 7) is 16.0. The van der Waals surface area contributed by atoms with Gasteiger partial charge in [-0.25, -0.2) is 0 Å². The lowest BCUT2D eigenvalue weighted by atomic mass is 9.75. The second kappa shape index (κ2) is 8.81. The molecule has 1 saturated carbocycles. The summed E-state index contributed by atoms with van der Waals surface area (Å²) >= 11 is 0. The molecule has 0 unspecified atom stereocenters. The number of aliphatic hydroxyl groups is 1. The molecule has 5 atom stereocenters. The van der Waals surface area contributed by atoms with E-state index in [1.165, 1.54) is 12.8 Å². The molecule has 3 nitrogen and oxygen atoms in total. The third-order valence-electron chi connectivity index (χ3n) is 4.94. The first kappa shape index (κ1) is 20.1. The lowest BCUT2D eigenvalue weighted by Crippen LogP contribution is -2.37. The molecular formula is C18H38O3Si. The van der Waals surface area contributed by atoms with E-state index in [-0.39, 0.29) is 12.2 Å². The molecule has 0 bridgehead atoms. The molecule has 22 heavy (non-hydrogen) atoms. The van der Waals surface area contributed by atoms with Gasteiger partial charge in [-0.3, -0.25) is 0 Å². The number of hydrogen-bond acceptors (Lipinski definition) is 3. The third-order valence-corrected chi connectivity index (χ3v) is 6.58. The highest BCUT2D eigenvalue weighted by Gasteiger charge is 2.31. The number of aliphatic hydroxyl groups excluding tert-OH is 1. The van der Waals surface area contributed by atoms with Crippen LogP contribution in [0, 0.1) is 17.8 Å². The lowest BCUT2D eigenvalue weighted by Gasteiger charge is -2.37. The molecule has 0 aromatic carbocycles. The molecule has 1 rings (SSSR count). The van der Waals surface area contributed by atoms with Crippen molar-refractivity contribution in [2.75, 3.05) is 6.79 Å². The van der Waals surface area contributed by atoms with Gasteiger partial charge in [-0.15, -0.1) is 0 Å². The monoisotopic (exact) mass is 330 g/mol. The molecule has 132 valence electrons. The Kier molecular flexibility index (Phi) is 8.07. The van der Waals surface area contributed by atoms with Crippen LogP contribution in [-0.4, -0.2) is 38.3 Å². The fraction of sp³-hybridized carbons (Fsp3) is 1.00. The molecular weight excluding hydrogens is 292 g/mol. The van der Waals surface area contributed by atoms with Crippen molar-refractivity contribution in [3.05, 3.63) is 0 Å². The first-order valence-corrected chi connectivity index (χ1v) is 12.7. The zero-order valence-corrected chi connectivity index (χ0v) is 16.8. The maximum absolute atomic E-state index is 10.2. The number of hydrogen-bond donors (Lipinski definition) is 1. The van der Waals surface area contributed by atoms with E-state index < -0.39 is 8.07 Å². The van der Waals surface area contributed by atoms with E-state index in [0.29, 0.717) is 24.7 Å². The van der Waals surface area contributed by atoms with E-state index in [1.54, 1.807) is 0 Å². The van der Waals surface area contributed by atoms with Crippen LogP contribution in [0.2, 0.25) is 25.7 Å². The van der Waals surface area contributed by atoms with Crippen molar-refractivity contribution in [2.24, 2.45) is 17.8 Å². The predicted octanol–water partition coefficient (Wildman–Crippen LogP) is 4.53. The predicted molar refractivity (Wildman–Crippen MR) is 95.8 cm³/mol. The van der Waals surface area contributed by atoms with Gasteiger partial charge in [0.1, 0.15) is 6.79 Å². The van der Waals surface area contributed by atoms with Gasteiger partial charge >= 0.3 is 0 Å². The highest BCUT2D eigenvalue weighted by Crippen LogP contribution is 2.35. The zero-order chi connectivity index (χ0) is 16.9. The van der Waals surface area contributed by atoms with Crippen LogP contribution in [0.1, 0.15) is 47.0 Å². The standard InChI is InChI=1S/C18H38O3Si/c1-13(2)16-9-8-14(3)10-18(16)21-12-20-15(4)17(19)11-22(5,6)7/h13-19H,8-12H2,1-7H3/t14-,15-,16-,17-,18+/m0/s1. The molecule has 0 aliphatic heterocycles. The second-order valence-electron chi connectivity index (χ2n) is 8.85. The van der Waals surface area contributed by atoms with Crippen molar-refractivity contribution < 1.29 is 14.6 Å². The molecule has 4 heteroatoms. The smallest absolute Gasteiger partial charge is 0.147 e. The highest BCUT2D eigenvalue weighted by atomic mass is 28.3. The van der Waals surface area contributed by atoms with Crippen LogP contribution in [0.15, 0.2) is 0 Å². The van der Waals surface area contributed by atoms with Crippen molar-refractivity contribution in [3.8, 4) is 0 Å². The molecule has 1 N–H and O–H groups in total. The molecule has 1 aliphatic rings. The fourth-order valence-corrected chi connectivity index (χ4v) is 5.03. The first-order chi connectivity index (χ1) is 10.1. The highest BCUT2D eigenvalue weighted by molar-refractivity contribution is 6.76. The summed E-state index contributed by atoms with van der Waals surface area (Å²) < 4.78 is 11.8. The van der Waals surface area contributed by atoms with E-state index in [0.717, 1.165) is 18.4 Å². The van der Waals surface area contributed by atoms with E-state index >= 15 is 0 Å². The zero-order valence-electron chi connectivity index (χ0n) is 15.8. The fourth-order valence-electron chi connectivity index (χ4n) is 3.44. The van der Waals surface area contributed by atoms with Gasteiger partial charge in [0, 0.05) is 8.07 Å². The Balaban J connectivity index is 2.37. The van der Waals surface area contributed by atoms with Gasteiger partial charge in [-0.05, 0) is 43.6 Å². The van der Waals surface area contributed by atoms with Crippen LogP contribution < -0.4 is 0 Å². The first-order valence-electron chi connectivity index (χ1n) is 9.01. The molecule has 0 saturated heterocycles. The van der Waals surface area contributed by atoms with Crippen LogP contribution in [-0.2, 0) is 9.47 Å². The van der Waals surface area contributed by atoms with E-state index in [1.807, 2.05) is 6.92 Å². The summed E-state index contributed by atoms with van der Waals surface area (Å²) in [6, 6.07) is 0.878. The van der Waals surface area contributed by atoms with Crippen molar-refractivity contribution in [3.63, 3.8) is 0 Å². The largest absolute Gasteiger partial charge is 0.391 e. The van der Waals surface area contributed by atoms with E-state index in [9.17, 15) is 5.11 Å². The summed E-state index contributed by atoms with van der Waals surface area (Å²) in [4.78, 5) is 0. The Morgan fingerprint density at radius 3 is 2.32 bits per heavy atom. The van der Waals surface area contributed by atoms with Gasteiger partial charge in [-0.1, -0.05) is 46.8 Å². The maximum Gasteiger partial charge on any atom is 0.147 e. The minimum absolute atomic E-state index is 0.148. The molecule has 0 spiro atoms. The number of ether oxygens (including phenoxy) is 2. The summed E-state index contributed by atoms with van der Waals surface area (Å²) in [5.41, 5.74) is 0. The van der Waals surface area contributed by atoms with Crippen molar-refractivity contribution in [1.82, 2.24) is 0 Å². The topological polar surface area (TPSA) is 38.7 Å². The van der Waals surface area contributed by atoms with Crippen LogP contribution in [0.5, 0.6) is 0 Å². The van der Waals surface area contributed by atoms with Crippen molar-refractivity contribution in [2.45, 2.75) is 91.0 Å². The van der Waals surface area contributed by atoms with Gasteiger partial charge in [0.15, 0.2) is 0 Å². The average molecular weight is 331 g/mol. The van der Waals surface area contributed by atoms with Crippen LogP contribution in [0.25, 0.3) is 0 Å². The van der Waals surface area contributed by atoms with Gasteiger partial charge in [0.25, 0.3) is 0 Å². The molecule has 1 fully saturated rings. The SMILES string of the molecule is CC(C)[C@@H]1CC[C@H](C)C[C@H]1OCO[C@@H](C)[C@@H](O)C[Si](C)(C)C. The normalized spacial score (nSPS) is 29.6. The third kappa shape index (κ3) is 7.11. The van der Waals surface area contributed by atoms with Gasteiger partial charge in [0.05, 0.1) is 18.3 Å². The Morgan fingerprint density at radius 2 is 1.77 bits per heavy atom. The Hall–Kier alpha value is 0.0969. The second-order valence-corrected chi connectivity index (χ2v) is 14.4. The summed E-state index contributed by atoms with van der Waals surface area (Å²) in [7, 11) is -1.26. The number of rotatable bonds is 8.